The Labute approximate surface area is 86.3 Å². The Bertz CT molecular complexity index is 155. The average Bonchev–Trinajstić information content (AvgIpc) is 2.58. The molecule has 0 aromatic heterocycles. The van der Waals surface area contributed by atoms with E-state index < -0.39 is 0 Å². The van der Waals surface area contributed by atoms with Crippen LogP contribution >= 0.6 is 0 Å². The summed E-state index contributed by atoms with van der Waals surface area (Å²) >= 11 is 0. The standard InChI is InChI=1S/C10H22N2O2/c1-3-14-10-8-12(6-4-5-11)7-9(10)13-2/h9-10H,3-8,11H2,1-2H3/t9-,10+/m0/s1. The SMILES string of the molecule is CCO[C@@H]1CN(CCCN)C[C@@H]1OC. The van der Waals surface area contributed by atoms with Crippen LogP contribution in [0.15, 0.2) is 0 Å². The molecule has 0 aliphatic carbocycles. The molecule has 0 bridgehead atoms. The maximum absolute atomic E-state index is 5.62. The van der Waals surface area contributed by atoms with Crippen LogP contribution in [0, 0.1) is 0 Å². The van der Waals surface area contributed by atoms with Crippen molar-refractivity contribution in [3.63, 3.8) is 0 Å². The van der Waals surface area contributed by atoms with Crippen LogP contribution in [0.25, 0.3) is 0 Å². The molecule has 0 aromatic rings. The number of hydrogen-bond donors (Lipinski definition) is 1. The van der Waals surface area contributed by atoms with Gasteiger partial charge in [-0.2, -0.15) is 0 Å². The highest BCUT2D eigenvalue weighted by Crippen LogP contribution is 2.16. The van der Waals surface area contributed by atoms with E-state index in [-0.39, 0.29) is 12.2 Å². The van der Waals surface area contributed by atoms with Crippen LogP contribution in [0.1, 0.15) is 13.3 Å². The molecule has 4 nitrogen and oxygen atoms in total. The van der Waals surface area contributed by atoms with Crippen LogP contribution in [0.5, 0.6) is 0 Å². The Morgan fingerprint density at radius 2 is 2.07 bits per heavy atom. The van der Waals surface area contributed by atoms with Crippen molar-refractivity contribution in [2.24, 2.45) is 5.73 Å². The molecular formula is C10H22N2O2. The summed E-state index contributed by atoms with van der Waals surface area (Å²) in [5, 5.41) is 0. The van der Waals surface area contributed by atoms with Crippen molar-refractivity contribution in [3.8, 4) is 0 Å². The molecule has 4 heteroatoms. The van der Waals surface area contributed by atoms with Crippen molar-refractivity contribution in [1.29, 1.82) is 0 Å². The van der Waals surface area contributed by atoms with Gasteiger partial charge in [-0.25, -0.2) is 0 Å². The molecular weight excluding hydrogens is 180 g/mol. The van der Waals surface area contributed by atoms with E-state index in [4.69, 9.17) is 15.2 Å². The summed E-state index contributed by atoms with van der Waals surface area (Å²) in [4.78, 5) is 2.36. The highest BCUT2D eigenvalue weighted by Gasteiger charge is 2.32. The van der Waals surface area contributed by atoms with Crippen molar-refractivity contribution in [1.82, 2.24) is 4.90 Å². The number of nitrogens with zero attached hydrogens (tertiary/aromatic N) is 1. The van der Waals surface area contributed by atoms with Gasteiger partial charge in [-0.1, -0.05) is 0 Å². The maximum Gasteiger partial charge on any atom is 0.0975 e. The van der Waals surface area contributed by atoms with Crippen LogP contribution in [-0.2, 0) is 9.47 Å². The number of nitrogens with two attached hydrogens (primary N) is 1. The van der Waals surface area contributed by atoms with Gasteiger partial charge >= 0.3 is 0 Å². The van der Waals surface area contributed by atoms with Crippen LogP contribution in [-0.4, -0.2) is 57.0 Å². The van der Waals surface area contributed by atoms with Gasteiger partial charge in [-0.15, -0.1) is 0 Å². The summed E-state index contributed by atoms with van der Waals surface area (Å²) in [5.74, 6) is 0. The van der Waals surface area contributed by atoms with Gasteiger partial charge in [0.05, 0.1) is 12.2 Å². The summed E-state index contributed by atoms with van der Waals surface area (Å²) in [6.45, 7) is 6.55. The third-order valence-electron chi connectivity index (χ3n) is 2.65. The largest absolute Gasteiger partial charge is 0.377 e. The number of likely N-dealkylation sites (tertiary alicyclic amines) is 1. The number of ether oxygens (including phenoxy) is 2. The molecule has 1 heterocycles. The fraction of sp³-hybridized carbons (Fsp3) is 1.00. The lowest BCUT2D eigenvalue weighted by Gasteiger charge is -2.16. The number of rotatable bonds is 6. The van der Waals surface area contributed by atoms with Crippen LogP contribution < -0.4 is 5.73 Å². The second kappa shape index (κ2) is 6.35. The van der Waals surface area contributed by atoms with E-state index in [2.05, 4.69) is 4.90 Å². The van der Waals surface area contributed by atoms with Gasteiger partial charge in [-0.3, -0.25) is 4.90 Å². The first kappa shape index (κ1) is 11.9. The molecule has 2 atom stereocenters. The highest BCUT2D eigenvalue weighted by atomic mass is 16.5. The predicted molar refractivity (Wildman–Crippen MR) is 56.3 cm³/mol. The Morgan fingerprint density at radius 1 is 1.36 bits per heavy atom. The van der Waals surface area contributed by atoms with Gasteiger partial charge in [0, 0.05) is 26.8 Å². The molecule has 1 saturated heterocycles. The van der Waals surface area contributed by atoms with Crippen molar-refractivity contribution in [2.75, 3.05) is 39.9 Å². The van der Waals surface area contributed by atoms with E-state index in [1.54, 1.807) is 7.11 Å². The molecule has 1 rings (SSSR count). The number of hydrogen-bond acceptors (Lipinski definition) is 4. The summed E-state index contributed by atoms with van der Waals surface area (Å²) in [7, 11) is 1.75. The van der Waals surface area contributed by atoms with Crippen molar-refractivity contribution >= 4 is 0 Å². The Kier molecular flexibility index (Phi) is 5.40. The predicted octanol–water partition coefficient (Wildman–Crippen LogP) is 0.0709. The van der Waals surface area contributed by atoms with Gasteiger partial charge in [0.1, 0.15) is 0 Å². The molecule has 0 amide bonds. The van der Waals surface area contributed by atoms with Crippen LogP contribution in [0.3, 0.4) is 0 Å². The molecule has 1 aliphatic heterocycles. The average molecular weight is 202 g/mol. The first-order valence-corrected chi connectivity index (χ1v) is 5.38. The second-order valence-electron chi connectivity index (χ2n) is 3.67. The number of methoxy groups -OCH3 is 1. The second-order valence-corrected chi connectivity index (χ2v) is 3.67. The lowest BCUT2D eigenvalue weighted by atomic mass is 10.2. The Balaban J connectivity index is 2.31. The molecule has 0 radical (unpaired) electrons. The van der Waals surface area contributed by atoms with E-state index in [9.17, 15) is 0 Å². The first-order chi connectivity index (χ1) is 6.81. The Morgan fingerprint density at radius 3 is 2.64 bits per heavy atom. The van der Waals surface area contributed by atoms with E-state index in [0.717, 1.165) is 39.2 Å². The van der Waals surface area contributed by atoms with Crippen LogP contribution in [0.4, 0.5) is 0 Å². The van der Waals surface area contributed by atoms with Gasteiger partial charge in [0.15, 0.2) is 0 Å². The zero-order chi connectivity index (χ0) is 10.4. The Hall–Kier alpha value is -0.160. The zero-order valence-corrected chi connectivity index (χ0v) is 9.24. The van der Waals surface area contributed by atoms with Gasteiger partial charge in [0.2, 0.25) is 0 Å². The van der Waals surface area contributed by atoms with Gasteiger partial charge in [-0.05, 0) is 26.4 Å². The minimum Gasteiger partial charge on any atom is -0.377 e. The normalized spacial score (nSPS) is 28.5. The van der Waals surface area contributed by atoms with Crippen LogP contribution in [0.2, 0.25) is 0 Å². The molecule has 1 fully saturated rings. The molecule has 0 unspecified atom stereocenters. The lowest BCUT2D eigenvalue weighted by molar-refractivity contribution is -0.0233. The quantitative estimate of drug-likeness (QED) is 0.662. The summed E-state index contributed by atoms with van der Waals surface area (Å²) < 4.78 is 11.0. The topological polar surface area (TPSA) is 47.7 Å². The summed E-state index contributed by atoms with van der Waals surface area (Å²) in [5.41, 5.74) is 5.48. The van der Waals surface area contributed by atoms with E-state index in [1.807, 2.05) is 6.92 Å². The van der Waals surface area contributed by atoms with E-state index >= 15 is 0 Å². The fourth-order valence-electron chi connectivity index (χ4n) is 1.92. The third-order valence-corrected chi connectivity index (χ3v) is 2.65. The first-order valence-electron chi connectivity index (χ1n) is 5.38. The van der Waals surface area contributed by atoms with Gasteiger partial charge < -0.3 is 15.2 Å². The third kappa shape index (κ3) is 3.20. The smallest absolute Gasteiger partial charge is 0.0975 e. The summed E-state index contributed by atoms with van der Waals surface area (Å²) in [6.07, 6.45) is 1.52. The molecule has 0 aromatic carbocycles. The minimum absolute atomic E-state index is 0.229. The van der Waals surface area contributed by atoms with Crippen molar-refractivity contribution < 1.29 is 9.47 Å². The minimum atomic E-state index is 0.229. The molecule has 84 valence electrons. The maximum atomic E-state index is 5.62. The summed E-state index contributed by atoms with van der Waals surface area (Å²) in [6, 6.07) is 0. The molecule has 0 spiro atoms. The van der Waals surface area contributed by atoms with Crippen molar-refractivity contribution in [2.45, 2.75) is 25.6 Å². The monoisotopic (exact) mass is 202 g/mol. The van der Waals surface area contributed by atoms with E-state index in [0.29, 0.717) is 0 Å². The fourth-order valence-corrected chi connectivity index (χ4v) is 1.92. The van der Waals surface area contributed by atoms with Crippen molar-refractivity contribution in [3.05, 3.63) is 0 Å². The van der Waals surface area contributed by atoms with E-state index in [1.165, 1.54) is 0 Å². The molecule has 14 heavy (non-hydrogen) atoms. The lowest BCUT2D eigenvalue weighted by Crippen LogP contribution is -2.28. The molecule has 0 saturated carbocycles. The van der Waals surface area contributed by atoms with Gasteiger partial charge in [0.25, 0.3) is 0 Å². The highest BCUT2D eigenvalue weighted by molar-refractivity contribution is 4.85. The zero-order valence-electron chi connectivity index (χ0n) is 9.24. The molecule has 2 N–H and O–H groups in total. The molecule has 1 aliphatic rings.